The van der Waals surface area contributed by atoms with E-state index in [9.17, 15) is 9.13 Å². The summed E-state index contributed by atoms with van der Waals surface area (Å²) in [6, 6.07) is 4.17. The van der Waals surface area contributed by atoms with E-state index in [-0.39, 0.29) is 17.7 Å². The van der Waals surface area contributed by atoms with Crippen LogP contribution in [0.25, 0.3) is 10.4 Å². The number of azide groups is 1. The second kappa shape index (κ2) is 6.52. The van der Waals surface area contributed by atoms with E-state index >= 15 is 0 Å². The topological polar surface area (TPSA) is 164 Å². The molecule has 0 aliphatic carbocycles. The zero-order valence-corrected chi connectivity index (χ0v) is 12.0. The monoisotopic (exact) mass is 321 g/mol. The number of hydrogen-bond acceptors (Lipinski definition) is 3. The molecule has 11 heteroatoms. The molecule has 0 radical (unpaired) electrons. The number of nitrogens with zero attached hydrogens (tertiary/aromatic N) is 3. The maximum Gasteiger partial charge on any atom is 0.329 e. The van der Waals surface area contributed by atoms with Crippen molar-refractivity contribution < 1.29 is 28.7 Å². The molecule has 0 bridgehead atoms. The van der Waals surface area contributed by atoms with E-state index in [1.54, 1.807) is 0 Å². The molecule has 0 heterocycles. The van der Waals surface area contributed by atoms with Crippen molar-refractivity contribution in [2.45, 2.75) is 18.9 Å². The average molecular weight is 321 g/mol. The summed E-state index contributed by atoms with van der Waals surface area (Å²) in [6.45, 7) is -0.0698. The van der Waals surface area contributed by atoms with Gasteiger partial charge in [-0.05, 0) is 22.2 Å². The molecule has 0 atom stereocenters. The van der Waals surface area contributed by atoms with E-state index in [0.717, 1.165) is 0 Å². The largest absolute Gasteiger partial charge is 0.329 e. The number of hydrogen-bond donors (Lipinski definition) is 4. The maximum absolute atomic E-state index is 11.0. The molecule has 1 rings (SSSR count). The average Bonchev–Trinajstić information content (AvgIpc) is 2.21. The SMILES string of the molecule is [N-]=[N+]=NCc1cc(CP(=O)(O)O)cc(CP(=O)(O)O)c1. The van der Waals surface area contributed by atoms with Crippen molar-refractivity contribution in [2.75, 3.05) is 0 Å². The number of benzene rings is 1. The van der Waals surface area contributed by atoms with Crippen molar-refractivity contribution in [1.82, 2.24) is 0 Å². The van der Waals surface area contributed by atoms with Gasteiger partial charge in [0.25, 0.3) is 0 Å². The highest BCUT2D eigenvalue weighted by atomic mass is 31.2. The first kappa shape index (κ1) is 16.9. The Bertz CT molecular complexity index is 588. The van der Waals surface area contributed by atoms with E-state index in [1.807, 2.05) is 0 Å². The molecule has 0 unspecified atom stereocenters. The van der Waals surface area contributed by atoms with E-state index in [2.05, 4.69) is 10.0 Å². The molecule has 20 heavy (non-hydrogen) atoms. The van der Waals surface area contributed by atoms with E-state index in [4.69, 9.17) is 25.1 Å². The normalized spacial score (nSPS) is 12.0. The second-order valence-electron chi connectivity index (χ2n) is 4.19. The Hall–Kier alpha value is -1.17. The molecule has 0 spiro atoms. The van der Waals surface area contributed by atoms with Gasteiger partial charge in [0, 0.05) is 4.91 Å². The van der Waals surface area contributed by atoms with Crippen molar-refractivity contribution in [2.24, 2.45) is 5.11 Å². The van der Waals surface area contributed by atoms with Gasteiger partial charge >= 0.3 is 15.2 Å². The lowest BCUT2D eigenvalue weighted by Crippen LogP contribution is -1.95. The van der Waals surface area contributed by atoms with Gasteiger partial charge in [-0.3, -0.25) is 9.13 Å². The summed E-state index contributed by atoms with van der Waals surface area (Å²) in [7, 11) is -8.60. The van der Waals surface area contributed by atoms with Gasteiger partial charge < -0.3 is 19.6 Å². The minimum absolute atomic E-state index is 0.0698. The summed E-state index contributed by atoms with van der Waals surface area (Å²) in [5, 5.41) is 3.31. The van der Waals surface area contributed by atoms with Gasteiger partial charge in [-0.25, -0.2) is 0 Å². The van der Waals surface area contributed by atoms with E-state index in [0.29, 0.717) is 5.56 Å². The molecular formula is C9H13N3O6P2. The molecule has 0 aliphatic rings. The fourth-order valence-corrected chi connectivity index (χ4v) is 3.02. The van der Waals surface area contributed by atoms with Crippen LogP contribution in [0, 0.1) is 0 Å². The lowest BCUT2D eigenvalue weighted by molar-refractivity contribution is 0.370. The smallest absolute Gasteiger partial charge is 0.324 e. The number of rotatable bonds is 6. The van der Waals surface area contributed by atoms with Crippen LogP contribution in [-0.4, -0.2) is 19.6 Å². The minimum Gasteiger partial charge on any atom is -0.324 e. The third-order valence-electron chi connectivity index (χ3n) is 2.21. The van der Waals surface area contributed by atoms with Gasteiger partial charge in [-0.2, -0.15) is 0 Å². The van der Waals surface area contributed by atoms with Crippen LogP contribution in [-0.2, 0) is 28.0 Å². The first-order valence-electron chi connectivity index (χ1n) is 5.31. The molecule has 4 N–H and O–H groups in total. The molecule has 0 saturated carbocycles. The maximum atomic E-state index is 11.0. The fourth-order valence-electron chi connectivity index (χ4n) is 1.70. The predicted molar refractivity (Wildman–Crippen MR) is 70.8 cm³/mol. The highest BCUT2D eigenvalue weighted by molar-refractivity contribution is 7.51. The molecule has 0 aromatic heterocycles. The molecule has 1 aromatic rings. The quantitative estimate of drug-likeness (QED) is 0.270. The molecule has 0 amide bonds. The zero-order chi connectivity index (χ0) is 15.4. The standard InChI is InChI=1S/C9H13N3O6P2/c10-12-11-4-7-1-8(5-19(13,14)15)3-9(2-7)6-20(16,17)18/h1-3H,4-6H2,(H2,13,14,15)(H2,16,17,18). The lowest BCUT2D eigenvalue weighted by atomic mass is 10.1. The fraction of sp³-hybridized carbons (Fsp3) is 0.333. The van der Waals surface area contributed by atoms with Crippen LogP contribution < -0.4 is 0 Å². The Kier molecular flexibility index (Phi) is 5.50. The first-order chi connectivity index (χ1) is 9.09. The highest BCUT2D eigenvalue weighted by Gasteiger charge is 2.18. The van der Waals surface area contributed by atoms with Crippen molar-refractivity contribution >= 4 is 15.2 Å². The Balaban J connectivity index is 3.16. The molecule has 110 valence electrons. The summed E-state index contributed by atoms with van der Waals surface area (Å²) < 4.78 is 22.0. The zero-order valence-electron chi connectivity index (χ0n) is 10.2. The summed E-state index contributed by atoms with van der Waals surface area (Å²) in [5.74, 6) is 0. The van der Waals surface area contributed by atoms with E-state index < -0.39 is 27.5 Å². The highest BCUT2D eigenvalue weighted by Crippen LogP contribution is 2.42. The summed E-state index contributed by atoms with van der Waals surface area (Å²) in [5.41, 5.74) is 9.13. The molecule has 0 fully saturated rings. The van der Waals surface area contributed by atoms with Gasteiger partial charge in [0.1, 0.15) is 0 Å². The minimum atomic E-state index is -4.30. The predicted octanol–water partition coefficient (Wildman–Crippen LogP) is 1.85. The summed E-state index contributed by atoms with van der Waals surface area (Å²) >= 11 is 0. The third-order valence-corrected chi connectivity index (χ3v) is 3.76. The van der Waals surface area contributed by atoms with Crippen LogP contribution in [0.15, 0.2) is 23.3 Å². The lowest BCUT2D eigenvalue weighted by Gasteiger charge is -2.10. The molecule has 9 nitrogen and oxygen atoms in total. The first-order valence-corrected chi connectivity index (χ1v) is 8.90. The van der Waals surface area contributed by atoms with Crippen LogP contribution in [0.2, 0.25) is 0 Å². The Morgan fingerprint density at radius 1 is 0.950 bits per heavy atom. The summed E-state index contributed by atoms with van der Waals surface area (Å²) in [4.78, 5) is 38.3. The molecular weight excluding hydrogens is 308 g/mol. The van der Waals surface area contributed by atoms with Gasteiger partial charge in [0.2, 0.25) is 0 Å². The van der Waals surface area contributed by atoms with Crippen LogP contribution in [0.5, 0.6) is 0 Å². The Morgan fingerprint density at radius 2 is 1.35 bits per heavy atom. The van der Waals surface area contributed by atoms with Crippen LogP contribution >= 0.6 is 15.2 Å². The van der Waals surface area contributed by atoms with Crippen LogP contribution in [0.4, 0.5) is 0 Å². The van der Waals surface area contributed by atoms with Crippen LogP contribution in [0.1, 0.15) is 16.7 Å². The van der Waals surface area contributed by atoms with Crippen molar-refractivity contribution in [1.29, 1.82) is 0 Å². The van der Waals surface area contributed by atoms with E-state index in [1.165, 1.54) is 18.2 Å². The van der Waals surface area contributed by atoms with Gasteiger partial charge in [-0.1, -0.05) is 23.3 Å². The molecule has 0 saturated heterocycles. The van der Waals surface area contributed by atoms with Crippen molar-refractivity contribution in [3.8, 4) is 0 Å². The van der Waals surface area contributed by atoms with Gasteiger partial charge in [0.05, 0.1) is 18.9 Å². The Morgan fingerprint density at radius 3 is 1.70 bits per heavy atom. The van der Waals surface area contributed by atoms with Gasteiger partial charge in [0.15, 0.2) is 0 Å². The third kappa shape index (κ3) is 6.84. The van der Waals surface area contributed by atoms with Crippen molar-refractivity contribution in [3.05, 3.63) is 45.3 Å². The molecule has 0 aliphatic heterocycles. The van der Waals surface area contributed by atoms with Crippen molar-refractivity contribution in [3.63, 3.8) is 0 Å². The molecule has 1 aromatic carbocycles. The Labute approximate surface area is 114 Å². The summed E-state index contributed by atoms with van der Waals surface area (Å²) in [6.07, 6.45) is -1.10. The second-order valence-corrected chi connectivity index (χ2v) is 7.48. The van der Waals surface area contributed by atoms with Crippen LogP contribution in [0.3, 0.4) is 0 Å². The van der Waals surface area contributed by atoms with Gasteiger partial charge in [-0.15, -0.1) is 0 Å².